The van der Waals surface area contributed by atoms with Crippen molar-refractivity contribution in [2.75, 3.05) is 14.2 Å². The van der Waals surface area contributed by atoms with Crippen molar-refractivity contribution in [3.8, 4) is 34.0 Å². The third-order valence-electron chi connectivity index (χ3n) is 5.18. The van der Waals surface area contributed by atoms with Crippen molar-refractivity contribution in [3.63, 3.8) is 0 Å². The van der Waals surface area contributed by atoms with Crippen molar-refractivity contribution in [1.82, 2.24) is 20.6 Å². The number of methoxy groups -OCH3 is 2. The van der Waals surface area contributed by atoms with Crippen molar-refractivity contribution in [3.05, 3.63) is 54.4 Å². The van der Waals surface area contributed by atoms with Gasteiger partial charge in [-0.15, -0.1) is 10.2 Å². The molecule has 0 spiro atoms. The number of hydrogen-bond donors (Lipinski definition) is 2. The fourth-order valence-electron chi connectivity index (χ4n) is 3.31. The standard InChI is InChI=1S/C23H22N6O4/c1-32-15-7-3-13(4-8-15)20-21(14-5-9-16(33-2)10-6-14)28-29-23(25-20)19(24)22(31)17-11-12-18(30)27-26-17/h3-10,19H,11-12,24H2,1-2H3,(H,27,30). The van der Waals surface area contributed by atoms with Gasteiger partial charge in [0.15, 0.2) is 5.82 Å². The van der Waals surface area contributed by atoms with Crippen LogP contribution in [0.15, 0.2) is 53.6 Å². The summed E-state index contributed by atoms with van der Waals surface area (Å²) in [6, 6.07) is 13.4. The Kier molecular flexibility index (Phi) is 6.36. The molecule has 33 heavy (non-hydrogen) atoms. The average molecular weight is 446 g/mol. The summed E-state index contributed by atoms with van der Waals surface area (Å²) >= 11 is 0. The van der Waals surface area contributed by atoms with E-state index in [1.54, 1.807) is 26.4 Å². The molecular formula is C23H22N6O4. The van der Waals surface area contributed by atoms with E-state index in [9.17, 15) is 9.59 Å². The highest BCUT2D eigenvalue weighted by Gasteiger charge is 2.28. The maximum Gasteiger partial charge on any atom is 0.240 e. The summed E-state index contributed by atoms with van der Waals surface area (Å²) in [4.78, 5) is 28.7. The number of carbonyl (C=O) groups excluding carboxylic acids is 2. The zero-order valence-electron chi connectivity index (χ0n) is 18.1. The molecule has 3 N–H and O–H groups in total. The number of hydrazone groups is 1. The van der Waals surface area contributed by atoms with E-state index >= 15 is 0 Å². The van der Waals surface area contributed by atoms with Crippen LogP contribution >= 0.6 is 0 Å². The van der Waals surface area contributed by atoms with Gasteiger partial charge in [0.1, 0.15) is 34.6 Å². The van der Waals surface area contributed by atoms with Gasteiger partial charge < -0.3 is 15.2 Å². The number of ether oxygens (including phenoxy) is 2. The lowest BCUT2D eigenvalue weighted by Gasteiger charge is -2.16. The minimum atomic E-state index is -1.17. The predicted octanol–water partition coefficient (Wildman–Crippen LogP) is 2.06. The highest BCUT2D eigenvalue weighted by atomic mass is 16.5. The Morgan fingerprint density at radius 2 is 1.48 bits per heavy atom. The lowest BCUT2D eigenvalue weighted by Crippen LogP contribution is -2.35. The number of nitrogens with two attached hydrogens (primary N) is 1. The van der Waals surface area contributed by atoms with Crippen LogP contribution in [-0.2, 0) is 9.59 Å². The first-order valence-electron chi connectivity index (χ1n) is 10.2. The molecule has 0 saturated carbocycles. The Labute approximate surface area is 189 Å². The molecule has 0 bridgehead atoms. The van der Waals surface area contributed by atoms with Gasteiger partial charge in [-0.2, -0.15) is 5.10 Å². The number of rotatable bonds is 7. The van der Waals surface area contributed by atoms with E-state index in [2.05, 4.69) is 25.7 Å². The van der Waals surface area contributed by atoms with Crippen LogP contribution < -0.4 is 20.6 Å². The maximum atomic E-state index is 12.8. The second-order valence-electron chi connectivity index (χ2n) is 7.26. The van der Waals surface area contributed by atoms with Crippen LogP contribution in [-0.4, -0.2) is 46.8 Å². The van der Waals surface area contributed by atoms with E-state index in [-0.39, 0.29) is 30.3 Å². The van der Waals surface area contributed by atoms with Gasteiger partial charge in [-0.25, -0.2) is 10.4 Å². The van der Waals surface area contributed by atoms with Gasteiger partial charge in [-0.3, -0.25) is 9.59 Å². The molecule has 4 rings (SSSR count). The molecule has 10 heteroatoms. The van der Waals surface area contributed by atoms with Crippen LogP contribution in [0.4, 0.5) is 0 Å². The van der Waals surface area contributed by atoms with E-state index in [0.29, 0.717) is 22.9 Å². The zero-order valence-corrected chi connectivity index (χ0v) is 18.1. The number of nitrogens with zero attached hydrogens (tertiary/aromatic N) is 4. The first-order valence-corrected chi connectivity index (χ1v) is 10.2. The number of aromatic nitrogens is 3. The fourth-order valence-corrected chi connectivity index (χ4v) is 3.31. The number of ketones is 1. The lowest BCUT2D eigenvalue weighted by molar-refractivity contribution is -0.121. The van der Waals surface area contributed by atoms with E-state index in [4.69, 9.17) is 15.2 Å². The minimum Gasteiger partial charge on any atom is -0.497 e. The Morgan fingerprint density at radius 3 is 2.00 bits per heavy atom. The topological polar surface area (TPSA) is 142 Å². The molecule has 2 aromatic carbocycles. The molecule has 0 saturated heterocycles. The summed E-state index contributed by atoms with van der Waals surface area (Å²) in [6.07, 6.45) is 0.380. The first kappa shape index (κ1) is 22.0. The minimum absolute atomic E-state index is 0.0580. The van der Waals surface area contributed by atoms with Crippen LogP contribution in [0, 0.1) is 0 Å². The van der Waals surface area contributed by atoms with Crippen LogP contribution in [0.3, 0.4) is 0 Å². The quantitative estimate of drug-likeness (QED) is 0.562. The number of nitrogens with one attached hydrogen (secondary N) is 1. The monoisotopic (exact) mass is 446 g/mol. The molecule has 0 aliphatic carbocycles. The van der Waals surface area contributed by atoms with Crippen LogP contribution in [0.1, 0.15) is 24.7 Å². The Bertz CT molecular complexity index is 1210. The van der Waals surface area contributed by atoms with Gasteiger partial charge >= 0.3 is 0 Å². The summed E-state index contributed by atoms with van der Waals surface area (Å²) in [5.74, 6) is 0.743. The van der Waals surface area contributed by atoms with Crippen molar-refractivity contribution >= 4 is 17.4 Å². The summed E-state index contributed by atoms with van der Waals surface area (Å²) in [7, 11) is 3.18. The largest absolute Gasteiger partial charge is 0.497 e. The average Bonchev–Trinajstić information content (AvgIpc) is 2.88. The smallest absolute Gasteiger partial charge is 0.240 e. The molecule has 1 aromatic heterocycles. The number of hydrogen-bond acceptors (Lipinski definition) is 9. The van der Waals surface area contributed by atoms with Crippen molar-refractivity contribution in [1.29, 1.82) is 0 Å². The lowest BCUT2D eigenvalue weighted by atomic mass is 10.0. The molecule has 2 heterocycles. The van der Waals surface area contributed by atoms with Crippen molar-refractivity contribution in [2.45, 2.75) is 18.9 Å². The second kappa shape index (κ2) is 9.53. The third kappa shape index (κ3) is 4.70. The molecule has 1 aliphatic heterocycles. The second-order valence-corrected chi connectivity index (χ2v) is 7.26. The maximum absolute atomic E-state index is 12.8. The number of amides is 1. The van der Waals surface area contributed by atoms with Gasteiger partial charge in [0.2, 0.25) is 11.7 Å². The third-order valence-corrected chi connectivity index (χ3v) is 5.18. The van der Waals surface area contributed by atoms with Gasteiger partial charge in [0.25, 0.3) is 0 Å². The highest BCUT2D eigenvalue weighted by Crippen LogP contribution is 2.31. The first-order chi connectivity index (χ1) is 16.0. The molecule has 3 aromatic rings. The summed E-state index contributed by atoms with van der Waals surface area (Å²) < 4.78 is 10.5. The Morgan fingerprint density at radius 1 is 0.909 bits per heavy atom. The number of carbonyl (C=O) groups is 2. The normalized spacial score (nSPS) is 14.2. The van der Waals surface area contributed by atoms with E-state index in [1.807, 2.05) is 36.4 Å². The van der Waals surface area contributed by atoms with E-state index < -0.39 is 11.8 Å². The van der Waals surface area contributed by atoms with Crippen LogP contribution in [0.5, 0.6) is 11.5 Å². The summed E-state index contributed by atoms with van der Waals surface area (Å²) in [6.45, 7) is 0. The molecule has 1 unspecified atom stereocenters. The van der Waals surface area contributed by atoms with Gasteiger partial charge in [-0.1, -0.05) is 0 Å². The van der Waals surface area contributed by atoms with Gasteiger partial charge in [-0.05, 0) is 48.5 Å². The molecular weight excluding hydrogens is 424 g/mol. The van der Waals surface area contributed by atoms with E-state index in [1.165, 1.54) is 0 Å². The van der Waals surface area contributed by atoms with Gasteiger partial charge in [0.05, 0.1) is 14.2 Å². The summed E-state index contributed by atoms with van der Waals surface area (Å²) in [5.41, 5.74) is 11.2. The Hall–Kier alpha value is -4.18. The van der Waals surface area contributed by atoms with Crippen LogP contribution in [0.25, 0.3) is 22.5 Å². The van der Waals surface area contributed by atoms with Crippen molar-refractivity contribution in [2.24, 2.45) is 10.8 Å². The number of benzene rings is 2. The molecule has 1 aliphatic rings. The van der Waals surface area contributed by atoms with Crippen LogP contribution in [0.2, 0.25) is 0 Å². The number of Topliss-reactive ketones (excluding diaryl/α,β-unsaturated/α-hetero) is 1. The SMILES string of the molecule is COc1ccc(-c2nnc(C(N)C(=O)C3=NNC(=O)CC3)nc2-c2ccc(OC)cc2)cc1. The van der Waals surface area contributed by atoms with Crippen molar-refractivity contribution < 1.29 is 19.1 Å². The molecule has 10 nitrogen and oxygen atoms in total. The van der Waals surface area contributed by atoms with E-state index in [0.717, 1.165) is 11.1 Å². The zero-order chi connectivity index (χ0) is 23.4. The molecule has 1 amide bonds. The Balaban J connectivity index is 1.75. The molecule has 1 atom stereocenters. The molecule has 0 fully saturated rings. The molecule has 168 valence electrons. The molecule has 0 radical (unpaired) electrons. The fraction of sp³-hybridized carbons (Fsp3) is 0.217. The summed E-state index contributed by atoms with van der Waals surface area (Å²) in [5, 5.41) is 12.3. The highest BCUT2D eigenvalue weighted by molar-refractivity contribution is 6.42. The van der Waals surface area contributed by atoms with Gasteiger partial charge in [0, 0.05) is 24.0 Å². The predicted molar refractivity (Wildman–Crippen MR) is 121 cm³/mol.